The largest absolute Gasteiger partial charge is 0.377 e. The van der Waals surface area contributed by atoms with Gasteiger partial charge in [0.1, 0.15) is 0 Å². The number of aliphatic imine (C=N–C) groups is 1. The van der Waals surface area contributed by atoms with Gasteiger partial charge in [0.05, 0.1) is 12.1 Å². The molecule has 2 rings (SSSR count). The summed E-state index contributed by atoms with van der Waals surface area (Å²) in [6, 6.07) is 11.4. The summed E-state index contributed by atoms with van der Waals surface area (Å²) in [4.78, 5) is 7.26. The number of nitrogens with one attached hydrogen (secondary N) is 2. The molecule has 1 aliphatic heterocycles. The third-order valence-electron chi connectivity index (χ3n) is 5.09. The van der Waals surface area contributed by atoms with Crippen molar-refractivity contribution >= 4 is 5.96 Å². The van der Waals surface area contributed by atoms with Gasteiger partial charge < -0.3 is 15.4 Å². The second-order valence-corrected chi connectivity index (χ2v) is 7.91. The zero-order valence-corrected chi connectivity index (χ0v) is 17.1. The van der Waals surface area contributed by atoms with Crippen LogP contribution in [0.4, 0.5) is 0 Å². The number of nitrogens with zero attached hydrogens (tertiary/aromatic N) is 2. The van der Waals surface area contributed by atoms with Crippen molar-refractivity contribution in [3.63, 3.8) is 0 Å². The molecule has 5 nitrogen and oxygen atoms in total. The number of benzene rings is 1. The van der Waals surface area contributed by atoms with Crippen molar-refractivity contribution in [2.45, 2.75) is 52.3 Å². The topological polar surface area (TPSA) is 48.9 Å². The quantitative estimate of drug-likeness (QED) is 0.553. The van der Waals surface area contributed by atoms with Crippen LogP contribution >= 0.6 is 0 Å². The number of hydrogen-bond donors (Lipinski definition) is 2. The third-order valence-corrected chi connectivity index (χ3v) is 5.09. The molecular weight excluding hydrogens is 324 g/mol. The van der Waals surface area contributed by atoms with Gasteiger partial charge >= 0.3 is 0 Å². The fraction of sp³-hybridized carbons (Fsp3) is 0.667. The van der Waals surface area contributed by atoms with Gasteiger partial charge in [-0.25, -0.2) is 0 Å². The number of likely N-dealkylation sites (tertiary alicyclic amines) is 1. The molecule has 146 valence electrons. The highest BCUT2D eigenvalue weighted by Crippen LogP contribution is 2.24. The average molecular weight is 361 g/mol. The van der Waals surface area contributed by atoms with Crippen LogP contribution in [0.5, 0.6) is 0 Å². The van der Waals surface area contributed by atoms with Gasteiger partial charge in [0.15, 0.2) is 5.96 Å². The molecule has 1 aromatic carbocycles. The lowest BCUT2D eigenvalue weighted by Gasteiger charge is -2.22. The standard InChI is InChI=1S/C21H36N4O/c1-6-22-20(24-16-21(3,4)26-5)23-13-19-12-17(2)25(15-19)14-18-10-8-7-9-11-18/h7-11,17,19H,6,12-16H2,1-5H3,(H2,22,23,24). The van der Waals surface area contributed by atoms with Gasteiger partial charge in [0, 0.05) is 39.3 Å². The Hall–Kier alpha value is -1.59. The van der Waals surface area contributed by atoms with Crippen LogP contribution in [0.15, 0.2) is 35.3 Å². The van der Waals surface area contributed by atoms with Crippen molar-refractivity contribution in [1.29, 1.82) is 0 Å². The van der Waals surface area contributed by atoms with Crippen LogP contribution in [0.1, 0.15) is 39.7 Å². The Balaban J connectivity index is 1.84. The first-order valence-corrected chi connectivity index (χ1v) is 9.79. The highest BCUT2D eigenvalue weighted by Gasteiger charge is 2.28. The van der Waals surface area contributed by atoms with Crippen LogP contribution in [0, 0.1) is 5.92 Å². The minimum absolute atomic E-state index is 0.239. The molecule has 0 saturated carbocycles. The molecule has 0 aliphatic carbocycles. The van der Waals surface area contributed by atoms with Crippen LogP contribution in [0.2, 0.25) is 0 Å². The highest BCUT2D eigenvalue weighted by atomic mass is 16.5. The van der Waals surface area contributed by atoms with E-state index in [4.69, 9.17) is 4.74 Å². The molecule has 0 spiro atoms. The van der Waals surface area contributed by atoms with Gasteiger partial charge in [-0.3, -0.25) is 9.89 Å². The van der Waals surface area contributed by atoms with E-state index < -0.39 is 0 Å². The number of rotatable bonds is 8. The minimum Gasteiger partial charge on any atom is -0.377 e. The summed E-state index contributed by atoms with van der Waals surface area (Å²) in [5.74, 6) is 1.53. The minimum atomic E-state index is -0.239. The summed E-state index contributed by atoms with van der Waals surface area (Å²) in [5, 5.41) is 6.86. The van der Waals surface area contributed by atoms with Crippen LogP contribution < -0.4 is 10.6 Å². The molecule has 1 saturated heterocycles. The summed E-state index contributed by atoms with van der Waals surface area (Å²) in [7, 11) is 1.73. The molecule has 1 aromatic rings. The Morgan fingerprint density at radius 2 is 2.00 bits per heavy atom. The van der Waals surface area contributed by atoms with Gasteiger partial charge in [-0.2, -0.15) is 0 Å². The Morgan fingerprint density at radius 1 is 1.27 bits per heavy atom. The lowest BCUT2D eigenvalue weighted by atomic mass is 10.1. The number of guanidine groups is 1. The zero-order chi connectivity index (χ0) is 19.0. The summed E-state index contributed by atoms with van der Waals surface area (Å²) >= 11 is 0. The van der Waals surface area contributed by atoms with Crippen molar-refractivity contribution in [3.8, 4) is 0 Å². The van der Waals surface area contributed by atoms with Crippen molar-refractivity contribution in [2.24, 2.45) is 10.9 Å². The Bertz CT molecular complexity index is 558. The van der Waals surface area contributed by atoms with Crippen molar-refractivity contribution in [2.75, 3.05) is 33.3 Å². The van der Waals surface area contributed by atoms with Gasteiger partial charge in [0.2, 0.25) is 0 Å². The number of ether oxygens (including phenoxy) is 1. The lowest BCUT2D eigenvalue weighted by Crippen LogP contribution is -2.41. The van der Waals surface area contributed by atoms with Crippen LogP contribution in [0.25, 0.3) is 0 Å². The van der Waals surface area contributed by atoms with Crippen molar-refractivity contribution in [1.82, 2.24) is 15.5 Å². The predicted molar refractivity (Wildman–Crippen MR) is 109 cm³/mol. The normalized spacial score (nSPS) is 21.8. The van der Waals surface area contributed by atoms with E-state index in [-0.39, 0.29) is 5.60 Å². The van der Waals surface area contributed by atoms with Gasteiger partial charge in [-0.1, -0.05) is 30.3 Å². The molecule has 0 radical (unpaired) electrons. The van der Waals surface area contributed by atoms with E-state index in [1.807, 2.05) is 0 Å². The lowest BCUT2D eigenvalue weighted by molar-refractivity contribution is 0.0310. The maximum Gasteiger partial charge on any atom is 0.191 e. The van der Waals surface area contributed by atoms with Crippen molar-refractivity contribution < 1.29 is 4.74 Å². The highest BCUT2D eigenvalue weighted by molar-refractivity contribution is 5.79. The second kappa shape index (κ2) is 9.93. The van der Waals surface area contributed by atoms with Crippen LogP contribution in [-0.4, -0.2) is 55.8 Å². The van der Waals surface area contributed by atoms with Crippen LogP contribution in [-0.2, 0) is 11.3 Å². The van der Waals surface area contributed by atoms with Crippen LogP contribution in [0.3, 0.4) is 0 Å². The fourth-order valence-corrected chi connectivity index (χ4v) is 3.32. The number of hydrogen-bond acceptors (Lipinski definition) is 3. The van der Waals surface area contributed by atoms with Gasteiger partial charge in [0.25, 0.3) is 0 Å². The maximum absolute atomic E-state index is 5.46. The molecule has 0 aromatic heterocycles. The first kappa shape index (κ1) is 20.7. The SMILES string of the molecule is CCNC(=NCC(C)(C)OC)NCC1CC(C)N(Cc2ccccc2)C1. The van der Waals surface area contributed by atoms with E-state index >= 15 is 0 Å². The summed E-state index contributed by atoms with van der Waals surface area (Å²) < 4.78 is 5.46. The predicted octanol–water partition coefficient (Wildman–Crippen LogP) is 2.88. The van der Waals surface area contributed by atoms with E-state index in [9.17, 15) is 0 Å². The summed E-state index contributed by atoms with van der Waals surface area (Å²) in [6.07, 6.45) is 1.23. The van der Waals surface area contributed by atoms with E-state index in [0.717, 1.165) is 32.1 Å². The maximum atomic E-state index is 5.46. The smallest absolute Gasteiger partial charge is 0.191 e. The third kappa shape index (κ3) is 6.61. The fourth-order valence-electron chi connectivity index (χ4n) is 3.32. The summed E-state index contributed by atoms with van der Waals surface area (Å²) in [5.41, 5.74) is 1.15. The average Bonchev–Trinajstić information content (AvgIpc) is 2.98. The van der Waals surface area contributed by atoms with E-state index in [1.54, 1.807) is 7.11 Å². The molecule has 5 heteroatoms. The first-order chi connectivity index (χ1) is 12.4. The summed E-state index contributed by atoms with van der Waals surface area (Å²) in [6.45, 7) is 13.2. The van der Waals surface area contributed by atoms with E-state index in [0.29, 0.717) is 18.5 Å². The molecule has 2 atom stereocenters. The van der Waals surface area contributed by atoms with Gasteiger partial charge in [-0.05, 0) is 45.6 Å². The van der Waals surface area contributed by atoms with Crippen molar-refractivity contribution in [3.05, 3.63) is 35.9 Å². The molecule has 1 aliphatic rings. The zero-order valence-electron chi connectivity index (χ0n) is 17.1. The first-order valence-electron chi connectivity index (χ1n) is 9.79. The molecular formula is C21H36N4O. The number of methoxy groups -OCH3 is 1. The monoisotopic (exact) mass is 360 g/mol. The molecule has 26 heavy (non-hydrogen) atoms. The second-order valence-electron chi connectivity index (χ2n) is 7.91. The van der Waals surface area contributed by atoms with E-state index in [2.05, 4.69) is 78.6 Å². The van der Waals surface area contributed by atoms with E-state index in [1.165, 1.54) is 12.0 Å². The molecule has 2 N–H and O–H groups in total. The van der Waals surface area contributed by atoms with Gasteiger partial charge in [-0.15, -0.1) is 0 Å². The molecule has 2 unspecified atom stereocenters. The molecule has 1 fully saturated rings. The Morgan fingerprint density at radius 3 is 2.65 bits per heavy atom. The molecule has 0 amide bonds. The molecule has 0 bridgehead atoms. The molecule has 1 heterocycles. The Labute approximate surface area is 159 Å². The Kier molecular flexibility index (Phi) is 7.91.